The summed E-state index contributed by atoms with van der Waals surface area (Å²) in [4.78, 5) is 22.3. The fourth-order valence-corrected chi connectivity index (χ4v) is 4.65. The number of nitrogens with two attached hydrogens (primary N) is 1. The summed E-state index contributed by atoms with van der Waals surface area (Å²) in [7, 11) is 0. The van der Waals surface area contributed by atoms with E-state index in [9.17, 15) is 9.59 Å². The quantitative estimate of drug-likeness (QED) is 0.643. The standard InChI is InChI=1S/C12H19N3O2/c13-10(16)14-11(17)15-12-4-7-1-8(5-12)3-9(2-7)6-12/h7-9H,1-6H2,(H4,13,14,15,16,17). The Kier molecular flexibility index (Phi) is 2.31. The number of hydrogen-bond donors (Lipinski definition) is 3. The van der Waals surface area contributed by atoms with Crippen molar-refractivity contribution in [2.24, 2.45) is 23.5 Å². The highest BCUT2D eigenvalue weighted by molar-refractivity contribution is 5.92. The molecule has 0 aromatic carbocycles. The van der Waals surface area contributed by atoms with Crippen LogP contribution in [0.5, 0.6) is 0 Å². The molecule has 0 aromatic rings. The van der Waals surface area contributed by atoms with E-state index in [2.05, 4.69) is 10.6 Å². The van der Waals surface area contributed by atoms with Gasteiger partial charge in [-0.3, -0.25) is 5.32 Å². The summed E-state index contributed by atoms with van der Waals surface area (Å²) in [6.45, 7) is 0. The summed E-state index contributed by atoms with van der Waals surface area (Å²) < 4.78 is 0. The first kappa shape index (κ1) is 10.9. The largest absolute Gasteiger partial charge is 0.351 e. The number of carbonyl (C=O) groups is 2. The maximum absolute atomic E-state index is 11.6. The average molecular weight is 237 g/mol. The molecule has 4 N–H and O–H groups in total. The molecule has 0 atom stereocenters. The molecule has 0 spiro atoms. The topological polar surface area (TPSA) is 84.2 Å². The number of carbonyl (C=O) groups excluding carboxylic acids is 2. The minimum atomic E-state index is -0.785. The number of hydrogen-bond acceptors (Lipinski definition) is 2. The van der Waals surface area contributed by atoms with Crippen LogP contribution in [0.4, 0.5) is 9.59 Å². The molecule has 0 unspecified atom stereocenters. The molecule has 4 saturated carbocycles. The Labute approximate surface area is 100 Å². The molecule has 4 amide bonds. The normalized spacial score (nSPS) is 42.2. The Morgan fingerprint density at radius 1 is 1.00 bits per heavy atom. The van der Waals surface area contributed by atoms with Crippen LogP contribution in [0.2, 0.25) is 0 Å². The molecular formula is C12H19N3O2. The van der Waals surface area contributed by atoms with Gasteiger partial charge in [0.2, 0.25) is 0 Å². The zero-order chi connectivity index (χ0) is 12.0. The van der Waals surface area contributed by atoms with Crippen molar-refractivity contribution in [3.8, 4) is 0 Å². The number of amides is 4. The van der Waals surface area contributed by atoms with Crippen LogP contribution in [0.25, 0.3) is 0 Å². The molecule has 0 radical (unpaired) electrons. The molecule has 0 saturated heterocycles. The monoisotopic (exact) mass is 237 g/mol. The second-order valence-electron chi connectivity index (χ2n) is 6.14. The Balaban J connectivity index is 1.70. The van der Waals surface area contributed by atoms with Gasteiger partial charge in [0.15, 0.2) is 0 Å². The van der Waals surface area contributed by atoms with Crippen molar-refractivity contribution in [3.05, 3.63) is 0 Å². The fraction of sp³-hybridized carbons (Fsp3) is 0.833. The Hall–Kier alpha value is -1.26. The van der Waals surface area contributed by atoms with E-state index in [1.807, 2.05) is 0 Å². The number of rotatable bonds is 1. The van der Waals surface area contributed by atoms with Gasteiger partial charge < -0.3 is 11.1 Å². The summed E-state index contributed by atoms with van der Waals surface area (Å²) >= 11 is 0. The summed E-state index contributed by atoms with van der Waals surface area (Å²) in [5, 5.41) is 5.11. The third-order valence-electron chi connectivity index (χ3n) is 4.65. The molecule has 17 heavy (non-hydrogen) atoms. The third-order valence-corrected chi connectivity index (χ3v) is 4.65. The fourth-order valence-electron chi connectivity index (χ4n) is 4.65. The highest BCUT2D eigenvalue weighted by Gasteiger charge is 2.51. The van der Waals surface area contributed by atoms with Crippen LogP contribution in [0.1, 0.15) is 38.5 Å². The molecule has 94 valence electrons. The van der Waals surface area contributed by atoms with Gasteiger partial charge in [-0.1, -0.05) is 0 Å². The Morgan fingerprint density at radius 3 is 1.88 bits per heavy atom. The van der Waals surface area contributed by atoms with Crippen molar-refractivity contribution in [1.29, 1.82) is 0 Å². The Morgan fingerprint density at radius 2 is 1.47 bits per heavy atom. The lowest BCUT2D eigenvalue weighted by Crippen LogP contribution is -2.62. The van der Waals surface area contributed by atoms with Crippen LogP contribution in [0.3, 0.4) is 0 Å². The van der Waals surface area contributed by atoms with E-state index in [0.29, 0.717) is 0 Å². The number of primary amides is 1. The minimum absolute atomic E-state index is 0.0612. The maximum atomic E-state index is 11.6. The van der Waals surface area contributed by atoms with Crippen molar-refractivity contribution in [2.75, 3.05) is 0 Å². The van der Waals surface area contributed by atoms with Gasteiger partial charge in [-0.25, -0.2) is 9.59 Å². The van der Waals surface area contributed by atoms with Gasteiger partial charge >= 0.3 is 12.1 Å². The van der Waals surface area contributed by atoms with E-state index in [4.69, 9.17) is 5.73 Å². The van der Waals surface area contributed by atoms with Crippen molar-refractivity contribution >= 4 is 12.1 Å². The predicted molar refractivity (Wildman–Crippen MR) is 62.2 cm³/mol. The van der Waals surface area contributed by atoms with Gasteiger partial charge in [0, 0.05) is 5.54 Å². The average Bonchev–Trinajstić information content (AvgIpc) is 2.11. The summed E-state index contributed by atoms with van der Waals surface area (Å²) in [6, 6.07) is -1.22. The second-order valence-corrected chi connectivity index (χ2v) is 6.14. The lowest BCUT2D eigenvalue weighted by atomic mass is 9.53. The number of imide groups is 1. The molecule has 4 rings (SSSR count). The predicted octanol–water partition coefficient (Wildman–Crippen LogP) is 1.33. The molecule has 4 fully saturated rings. The molecule has 0 aromatic heterocycles. The zero-order valence-electron chi connectivity index (χ0n) is 9.87. The van der Waals surface area contributed by atoms with E-state index in [1.54, 1.807) is 0 Å². The van der Waals surface area contributed by atoms with Gasteiger partial charge in [-0.2, -0.15) is 0 Å². The first-order valence-corrected chi connectivity index (χ1v) is 6.43. The van der Waals surface area contributed by atoms with Crippen molar-refractivity contribution in [3.63, 3.8) is 0 Å². The summed E-state index contributed by atoms with van der Waals surface area (Å²) in [5.41, 5.74) is 4.89. The van der Waals surface area contributed by atoms with Gasteiger partial charge in [0.05, 0.1) is 0 Å². The van der Waals surface area contributed by atoms with E-state index in [-0.39, 0.29) is 5.54 Å². The SMILES string of the molecule is NC(=O)NC(=O)NC12CC3CC(CC(C3)C1)C2. The van der Waals surface area contributed by atoms with Crippen LogP contribution >= 0.6 is 0 Å². The van der Waals surface area contributed by atoms with Gasteiger partial charge in [0.1, 0.15) is 0 Å². The molecule has 4 aliphatic carbocycles. The highest BCUT2D eigenvalue weighted by atomic mass is 16.2. The molecule has 5 nitrogen and oxygen atoms in total. The van der Waals surface area contributed by atoms with Gasteiger partial charge in [-0.05, 0) is 56.3 Å². The first-order chi connectivity index (χ1) is 8.05. The van der Waals surface area contributed by atoms with Crippen molar-refractivity contribution in [1.82, 2.24) is 10.6 Å². The third kappa shape index (κ3) is 1.98. The molecule has 0 aliphatic heterocycles. The summed E-state index contributed by atoms with van der Waals surface area (Å²) in [6.07, 6.45) is 7.22. The molecule has 4 bridgehead atoms. The smallest absolute Gasteiger partial charge is 0.323 e. The number of nitrogens with one attached hydrogen (secondary N) is 2. The zero-order valence-corrected chi connectivity index (χ0v) is 9.87. The first-order valence-electron chi connectivity index (χ1n) is 6.43. The van der Waals surface area contributed by atoms with Crippen LogP contribution in [-0.4, -0.2) is 17.6 Å². The lowest BCUT2D eigenvalue weighted by Gasteiger charge is -2.56. The number of urea groups is 2. The van der Waals surface area contributed by atoms with E-state index >= 15 is 0 Å². The lowest BCUT2D eigenvalue weighted by molar-refractivity contribution is -0.0133. The van der Waals surface area contributed by atoms with E-state index < -0.39 is 12.1 Å². The van der Waals surface area contributed by atoms with Gasteiger partial charge in [0.25, 0.3) is 0 Å². The van der Waals surface area contributed by atoms with Crippen LogP contribution < -0.4 is 16.4 Å². The van der Waals surface area contributed by atoms with Crippen LogP contribution in [-0.2, 0) is 0 Å². The van der Waals surface area contributed by atoms with Crippen molar-refractivity contribution in [2.45, 2.75) is 44.1 Å². The van der Waals surface area contributed by atoms with E-state index in [0.717, 1.165) is 37.0 Å². The van der Waals surface area contributed by atoms with Crippen LogP contribution in [0.15, 0.2) is 0 Å². The molecular weight excluding hydrogens is 218 g/mol. The minimum Gasteiger partial charge on any atom is -0.351 e. The molecule has 4 aliphatic rings. The molecule has 0 heterocycles. The second kappa shape index (κ2) is 3.62. The summed E-state index contributed by atoms with van der Waals surface area (Å²) in [5.74, 6) is 2.32. The van der Waals surface area contributed by atoms with Gasteiger partial charge in [-0.15, -0.1) is 0 Å². The Bertz CT molecular complexity index is 331. The maximum Gasteiger partial charge on any atom is 0.323 e. The molecule has 5 heteroatoms. The highest BCUT2D eigenvalue weighted by Crippen LogP contribution is 2.55. The van der Waals surface area contributed by atoms with E-state index in [1.165, 1.54) is 19.3 Å². The van der Waals surface area contributed by atoms with Crippen molar-refractivity contribution < 1.29 is 9.59 Å². The van der Waals surface area contributed by atoms with Crippen LogP contribution in [0, 0.1) is 17.8 Å².